The van der Waals surface area contributed by atoms with E-state index in [1.807, 2.05) is 24.3 Å². The van der Waals surface area contributed by atoms with Crippen LogP contribution in [0.15, 0.2) is 85.1 Å². The first kappa shape index (κ1) is 56.7. The van der Waals surface area contributed by atoms with E-state index in [1.165, 1.54) is 38.2 Å². The number of aromatic amines is 1. The fourth-order valence-electron chi connectivity index (χ4n) is 6.95. The molecule has 1 heterocycles. The summed E-state index contributed by atoms with van der Waals surface area (Å²) in [4.78, 5) is 111. The van der Waals surface area contributed by atoms with Crippen LogP contribution in [0.25, 0.3) is 10.9 Å². The van der Waals surface area contributed by atoms with E-state index >= 15 is 0 Å². The van der Waals surface area contributed by atoms with Crippen molar-refractivity contribution in [3.63, 3.8) is 0 Å². The van der Waals surface area contributed by atoms with E-state index in [4.69, 9.17) is 5.73 Å². The zero-order valence-electron chi connectivity index (χ0n) is 39.5. The molecule has 1 aromatic heterocycles. The molecule has 0 bridgehead atoms. The number of nitrogens with one attached hydrogen (secondary N) is 9. The van der Waals surface area contributed by atoms with Gasteiger partial charge < -0.3 is 73.7 Å². The molecule has 0 spiro atoms. The fourth-order valence-corrected chi connectivity index (χ4v) is 9.28. The Morgan fingerprint density at radius 3 is 1.65 bits per heavy atom. The number of aromatic nitrogens is 1. The van der Waals surface area contributed by atoms with Gasteiger partial charge in [0.15, 0.2) is 6.04 Å². The zero-order chi connectivity index (χ0) is 52.2. The predicted octanol–water partition coefficient (Wildman–Crippen LogP) is -0.686. The minimum Gasteiger partial charge on any atom is -0.508 e. The molecule has 15 N–H and O–H groups in total. The Balaban J connectivity index is 1.67. The molecule has 0 fully saturated rings. The van der Waals surface area contributed by atoms with E-state index in [-0.39, 0.29) is 43.1 Å². The van der Waals surface area contributed by atoms with Crippen molar-refractivity contribution in [1.29, 1.82) is 0 Å². The Labute approximate surface area is 417 Å². The predicted molar refractivity (Wildman–Crippen MR) is 268 cm³/mol. The van der Waals surface area contributed by atoms with Crippen molar-refractivity contribution < 1.29 is 58.8 Å². The maximum Gasteiger partial charge on any atom is 0.328 e. The van der Waals surface area contributed by atoms with Gasteiger partial charge >= 0.3 is 12.0 Å². The Kier molecular flexibility index (Phi) is 22.5. The van der Waals surface area contributed by atoms with Gasteiger partial charge in [-0.2, -0.15) is 0 Å². The highest BCUT2D eigenvalue weighted by Gasteiger charge is 2.34. The topological polar surface area (TPSA) is 356 Å². The number of carboxylic acid groups (broad SMARTS) is 1. The molecule has 4 rings (SSSR count). The van der Waals surface area contributed by atoms with Gasteiger partial charge in [0.25, 0.3) is 0 Å². The number of carboxylic acids is 1. The number of nitrogens with two attached hydrogens (primary N) is 1. The molecule has 71 heavy (non-hydrogen) atoms. The smallest absolute Gasteiger partial charge is 0.328 e. The Morgan fingerprint density at radius 1 is 0.606 bits per heavy atom. The number of aliphatic hydroxyl groups excluding tert-OH is 2. The summed E-state index contributed by atoms with van der Waals surface area (Å²) in [5.41, 5.74) is 8.51. The van der Waals surface area contributed by atoms with E-state index in [0.717, 1.165) is 45.0 Å². The number of phenols is 1. The molecule has 0 aliphatic heterocycles. The molecule has 24 heteroatoms. The number of hydrogen-bond acceptors (Lipinski definition) is 14. The second kappa shape index (κ2) is 28.1. The second-order valence-electron chi connectivity index (χ2n) is 16.4. The summed E-state index contributed by atoms with van der Waals surface area (Å²) in [6.07, 6.45) is -1.25. The minimum absolute atomic E-state index is 0.00187. The van der Waals surface area contributed by atoms with Gasteiger partial charge in [0.1, 0.15) is 42.0 Å². The van der Waals surface area contributed by atoms with E-state index < -0.39 is 102 Å². The summed E-state index contributed by atoms with van der Waals surface area (Å²) < 4.78 is 0. The monoisotopic (exact) mass is 1020 g/mol. The van der Waals surface area contributed by atoms with Gasteiger partial charge in [0.2, 0.25) is 35.4 Å². The molecular formula is C47H62N10O12S2. The number of hydrogen-bond donors (Lipinski definition) is 14. The number of para-hydroxylation sites is 1. The van der Waals surface area contributed by atoms with Gasteiger partial charge in [-0.3, -0.25) is 28.8 Å². The third kappa shape index (κ3) is 17.8. The van der Waals surface area contributed by atoms with Crippen LogP contribution >= 0.6 is 21.6 Å². The second-order valence-corrected chi connectivity index (χ2v) is 19.0. The standard InChI is InChI=1S/C47H62N10O12S2/c1-5-50-47(69)56-34(19-27-11-7-6-8-12-27)42(63)54-36(23-70-71-24-37(55-45(66)38(48)25(2)58)44(65)57-39(26(3)59)46(67)68)43(64)52-33(20-28-15-17-30(60)18-16-28)41(62)53-35(40(61)49-4)21-29-22-51-32-14-10-9-13-31(29)32/h6-18,22,25-26,33-39,51,58-60H,5,19-21,23-24,48H2,1-4H3,(H,49,61)(H,52,64)(H,53,62)(H,54,63)(H,55,66)(H,57,65)(H,67,68)(H2,50,56,69)/t25-,26-,33+,34-,35-,36+,37+,38+,39+/m1/s1. The van der Waals surface area contributed by atoms with Crippen molar-refractivity contribution >= 4 is 79.9 Å². The van der Waals surface area contributed by atoms with Crippen LogP contribution in [0, 0.1) is 0 Å². The number of H-pyrrole nitrogens is 1. The van der Waals surface area contributed by atoms with Crippen molar-refractivity contribution in [3.05, 3.63) is 102 Å². The summed E-state index contributed by atoms with van der Waals surface area (Å²) in [7, 11) is 3.25. The van der Waals surface area contributed by atoms with Crippen molar-refractivity contribution in [2.45, 2.75) is 94.5 Å². The summed E-state index contributed by atoms with van der Waals surface area (Å²) in [5, 5.41) is 60.9. The third-order valence-corrected chi connectivity index (χ3v) is 13.3. The van der Waals surface area contributed by atoms with Crippen molar-refractivity contribution in [2.24, 2.45) is 5.73 Å². The lowest BCUT2D eigenvalue weighted by Gasteiger charge is -2.27. The Morgan fingerprint density at radius 2 is 1.10 bits per heavy atom. The van der Waals surface area contributed by atoms with E-state index in [9.17, 15) is 58.8 Å². The number of carbonyl (C=O) groups is 8. The number of rotatable bonds is 27. The maximum atomic E-state index is 14.6. The van der Waals surface area contributed by atoms with Crippen LogP contribution in [0.4, 0.5) is 4.79 Å². The molecule has 8 amide bonds. The fraction of sp³-hybridized carbons (Fsp3) is 0.404. The molecule has 3 aromatic carbocycles. The number of phenolic OH excluding ortho intramolecular Hbond substituents is 1. The highest BCUT2D eigenvalue weighted by Crippen LogP contribution is 2.24. The Bertz CT molecular complexity index is 2440. The van der Waals surface area contributed by atoms with Crippen LogP contribution < -0.4 is 48.3 Å². The molecular weight excluding hydrogens is 961 g/mol. The van der Waals surface area contributed by atoms with E-state index in [2.05, 4.69) is 47.5 Å². The largest absolute Gasteiger partial charge is 0.508 e. The quantitative estimate of drug-likeness (QED) is 0.0260. The van der Waals surface area contributed by atoms with Crippen molar-refractivity contribution in [3.8, 4) is 5.75 Å². The molecule has 0 saturated carbocycles. The number of aromatic hydroxyl groups is 1. The number of fused-ring (bicyclic) bond motifs is 1. The van der Waals surface area contributed by atoms with Crippen LogP contribution in [0.3, 0.4) is 0 Å². The normalized spacial score (nSPS) is 14.9. The first-order valence-electron chi connectivity index (χ1n) is 22.5. The Hall–Kier alpha value is -6.86. The van der Waals surface area contributed by atoms with Crippen molar-refractivity contribution in [2.75, 3.05) is 25.1 Å². The number of likely N-dealkylation sites (N-methyl/N-ethyl adjacent to an activating group) is 1. The highest BCUT2D eigenvalue weighted by molar-refractivity contribution is 8.76. The first-order valence-corrected chi connectivity index (χ1v) is 25.0. The number of aliphatic carboxylic acids is 1. The summed E-state index contributed by atoms with van der Waals surface area (Å²) in [5.74, 6) is -7.17. The molecule has 0 saturated heterocycles. The number of benzene rings is 3. The molecule has 0 radical (unpaired) electrons. The van der Waals surface area contributed by atoms with E-state index in [0.29, 0.717) is 11.1 Å². The van der Waals surface area contributed by atoms with Crippen molar-refractivity contribution in [1.82, 2.24) is 47.5 Å². The van der Waals surface area contributed by atoms with Crippen LogP contribution in [-0.2, 0) is 52.8 Å². The van der Waals surface area contributed by atoms with Crippen LogP contribution in [-0.4, -0.2) is 152 Å². The lowest BCUT2D eigenvalue weighted by molar-refractivity contribution is -0.145. The molecule has 4 aromatic rings. The SMILES string of the molecule is CCNC(=O)N[C@H](Cc1ccccc1)C(=O)N[C@@H](CSSC[C@H](NC(=O)[C@@H](N)[C@@H](C)O)C(=O)N[C@H](C(=O)O)[C@@H](C)O)C(=O)N[C@@H](Cc1ccc(O)cc1)C(=O)N[C@H](Cc1c[nH]c2ccccc12)C(=O)NC. The van der Waals surface area contributed by atoms with Crippen LogP contribution in [0.5, 0.6) is 5.75 Å². The number of aliphatic hydroxyl groups is 2. The van der Waals surface area contributed by atoms with Crippen LogP contribution in [0.2, 0.25) is 0 Å². The average Bonchev–Trinajstić information content (AvgIpc) is 3.75. The molecule has 0 unspecified atom stereocenters. The highest BCUT2D eigenvalue weighted by atomic mass is 33.1. The molecule has 9 atom stereocenters. The van der Waals surface area contributed by atoms with E-state index in [1.54, 1.807) is 43.5 Å². The molecule has 22 nitrogen and oxygen atoms in total. The lowest BCUT2D eigenvalue weighted by Crippen LogP contribution is -2.60. The van der Waals surface area contributed by atoms with Gasteiger partial charge in [0.05, 0.1) is 12.2 Å². The number of carbonyl (C=O) groups excluding carboxylic acids is 7. The molecule has 384 valence electrons. The zero-order valence-corrected chi connectivity index (χ0v) is 41.1. The lowest BCUT2D eigenvalue weighted by atomic mass is 10.0. The summed E-state index contributed by atoms with van der Waals surface area (Å²) >= 11 is 0. The van der Waals surface area contributed by atoms with Gasteiger partial charge in [-0.25, -0.2) is 9.59 Å². The number of urea groups is 1. The van der Waals surface area contributed by atoms with Crippen LogP contribution in [0.1, 0.15) is 37.5 Å². The van der Waals surface area contributed by atoms with Gasteiger partial charge in [-0.15, -0.1) is 0 Å². The van der Waals surface area contributed by atoms with Gasteiger partial charge in [0, 0.05) is 61.5 Å². The third-order valence-electron chi connectivity index (χ3n) is 10.9. The molecule has 0 aliphatic rings. The molecule has 0 aliphatic carbocycles. The summed E-state index contributed by atoms with van der Waals surface area (Å²) in [6.45, 7) is 4.31. The first-order chi connectivity index (χ1) is 33.8. The van der Waals surface area contributed by atoms with Gasteiger partial charge in [-0.1, -0.05) is 82.3 Å². The maximum absolute atomic E-state index is 14.6. The summed E-state index contributed by atoms with van der Waals surface area (Å²) in [6, 6.07) is 11.4. The van der Waals surface area contributed by atoms with Gasteiger partial charge in [-0.05, 0) is 55.7 Å². The minimum atomic E-state index is -1.77. The average molecular weight is 1020 g/mol. The number of amides is 8.